The van der Waals surface area contributed by atoms with Gasteiger partial charge in [-0.1, -0.05) is 18.4 Å². The van der Waals surface area contributed by atoms with Crippen LogP contribution in [0.3, 0.4) is 0 Å². The maximum atomic E-state index is 12.7. The van der Waals surface area contributed by atoms with Gasteiger partial charge in [0.15, 0.2) is 11.4 Å². The maximum Gasteiger partial charge on any atom is 0.312 e. The second-order valence-electron chi connectivity index (χ2n) is 10.9. The number of fused-ring (bicyclic) bond motifs is 5. The van der Waals surface area contributed by atoms with E-state index in [0.29, 0.717) is 35.9 Å². The van der Waals surface area contributed by atoms with E-state index in [1.54, 1.807) is 0 Å². The first-order valence-corrected chi connectivity index (χ1v) is 11.1. The number of hydrogen-bond donors (Lipinski definition) is 0. The fraction of sp³-hybridized carbons (Fsp3) is 0.760. The second kappa shape index (κ2) is 6.48. The zero-order valence-electron chi connectivity index (χ0n) is 17.8. The molecule has 0 aromatic rings. The number of rotatable bonds is 1. The summed E-state index contributed by atoms with van der Waals surface area (Å²) >= 11 is 0. The van der Waals surface area contributed by atoms with Gasteiger partial charge in [0.05, 0.1) is 5.41 Å². The van der Waals surface area contributed by atoms with E-state index in [9.17, 15) is 9.59 Å². The molecule has 4 aliphatic rings. The molecule has 4 aliphatic carbocycles. The largest absolute Gasteiger partial charge is 0.445 e. The van der Waals surface area contributed by atoms with Gasteiger partial charge in [-0.2, -0.15) is 0 Å². The van der Waals surface area contributed by atoms with Gasteiger partial charge in [-0.05, 0) is 95.5 Å². The molecule has 0 radical (unpaired) electrons. The number of carbonyl (C=O) groups is 2. The molecule has 0 aromatic heterocycles. The van der Waals surface area contributed by atoms with Crippen LogP contribution in [0, 0.1) is 46.8 Å². The molecule has 28 heavy (non-hydrogen) atoms. The summed E-state index contributed by atoms with van der Waals surface area (Å²) in [6, 6.07) is 0. The third-order valence-electron chi connectivity index (χ3n) is 8.53. The van der Waals surface area contributed by atoms with E-state index >= 15 is 0 Å². The minimum atomic E-state index is -0.772. The molecular formula is C25H34O3. The standard InChI is InChI=1S/C25H34O3/c1-6-25(28-22(27)23(2,3)4)14-12-21-20-9-7-16-15-17(26)8-10-18(16)19(20)11-13-24(21,25)5/h1,15,18-21H,7-14H2,2-5H3/t18?,19?,20?,21?,24-,25-/m0/s1. The van der Waals surface area contributed by atoms with Gasteiger partial charge < -0.3 is 4.74 Å². The Hall–Kier alpha value is -1.56. The first-order chi connectivity index (χ1) is 13.1. The van der Waals surface area contributed by atoms with Gasteiger partial charge in [0.2, 0.25) is 0 Å². The molecule has 0 aliphatic heterocycles. The van der Waals surface area contributed by atoms with Gasteiger partial charge in [-0.15, -0.1) is 6.42 Å². The topological polar surface area (TPSA) is 43.4 Å². The Morgan fingerprint density at radius 3 is 2.57 bits per heavy atom. The molecule has 0 spiro atoms. The Balaban J connectivity index is 1.62. The molecule has 0 N–H and O–H groups in total. The maximum absolute atomic E-state index is 12.7. The van der Waals surface area contributed by atoms with Gasteiger partial charge in [0.1, 0.15) is 0 Å². The molecule has 4 unspecified atom stereocenters. The van der Waals surface area contributed by atoms with Gasteiger partial charge >= 0.3 is 5.97 Å². The quantitative estimate of drug-likeness (QED) is 0.469. The smallest absolute Gasteiger partial charge is 0.312 e. The number of ketones is 1. The van der Waals surface area contributed by atoms with Gasteiger partial charge in [0.25, 0.3) is 0 Å². The molecule has 4 rings (SSSR count). The molecule has 0 heterocycles. The number of carbonyl (C=O) groups excluding carboxylic acids is 2. The first kappa shape index (κ1) is 19.7. The lowest BCUT2D eigenvalue weighted by Gasteiger charge is -2.55. The van der Waals surface area contributed by atoms with Crippen LogP contribution in [-0.4, -0.2) is 17.4 Å². The fourth-order valence-electron chi connectivity index (χ4n) is 6.92. The van der Waals surface area contributed by atoms with E-state index in [0.717, 1.165) is 44.9 Å². The van der Waals surface area contributed by atoms with Gasteiger partial charge in [-0.25, -0.2) is 0 Å². The lowest BCUT2D eigenvalue weighted by molar-refractivity contribution is -0.179. The van der Waals surface area contributed by atoms with Crippen molar-refractivity contribution >= 4 is 11.8 Å². The molecule has 3 nitrogen and oxygen atoms in total. The molecule has 0 bridgehead atoms. The van der Waals surface area contributed by atoms with Gasteiger partial charge in [-0.3, -0.25) is 9.59 Å². The van der Waals surface area contributed by atoms with Crippen LogP contribution in [0.1, 0.15) is 79.1 Å². The summed E-state index contributed by atoms with van der Waals surface area (Å²) in [5.41, 5.74) is -0.0583. The highest BCUT2D eigenvalue weighted by atomic mass is 16.6. The predicted octanol–water partition coefficient (Wildman–Crippen LogP) is 5.09. The monoisotopic (exact) mass is 382 g/mol. The molecule has 0 aromatic carbocycles. The minimum Gasteiger partial charge on any atom is -0.445 e. The summed E-state index contributed by atoms with van der Waals surface area (Å²) in [6.07, 6.45) is 15.9. The highest BCUT2D eigenvalue weighted by Gasteiger charge is 2.64. The van der Waals surface area contributed by atoms with Crippen LogP contribution in [0.2, 0.25) is 0 Å². The first-order valence-electron chi connectivity index (χ1n) is 11.1. The highest BCUT2D eigenvalue weighted by molar-refractivity contribution is 5.91. The average Bonchev–Trinajstić information content (AvgIpc) is 2.93. The number of ether oxygens (including phenoxy) is 1. The zero-order chi connectivity index (χ0) is 20.3. The Morgan fingerprint density at radius 1 is 1.14 bits per heavy atom. The third-order valence-corrected chi connectivity index (χ3v) is 8.53. The number of hydrogen-bond acceptors (Lipinski definition) is 3. The Bertz CT molecular complexity index is 764. The van der Waals surface area contributed by atoms with E-state index < -0.39 is 11.0 Å². The van der Waals surface area contributed by atoms with Crippen LogP contribution >= 0.6 is 0 Å². The normalized spacial score (nSPS) is 42.5. The van der Waals surface area contributed by atoms with Crippen molar-refractivity contribution in [3.05, 3.63) is 11.6 Å². The zero-order valence-corrected chi connectivity index (χ0v) is 17.8. The van der Waals surface area contributed by atoms with Crippen LogP contribution < -0.4 is 0 Å². The fourth-order valence-corrected chi connectivity index (χ4v) is 6.92. The van der Waals surface area contributed by atoms with Crippen molar-refractivity contribution in [2.75, 3.05) is 0 Å². The molecule has 3 saturated carbocycles. The SMILES string of the molecule is C#C[C@]1(OC(=O)C(C)(C)C)CCC2C3CCC4=CC(=O)CCC4C3CC[C@@]21C. The number of esters is 1. The summed E-state index contributed by atoms with van der Waals surface area (Å²) < 4.78 is 6.15. The molecule has 3 heteroatoms. The predicted molar refractivity (Wildman–Crippen MR) is 109 cm³/mol. The van der Waals surface area contributed by atoms with Crippen molar-refractivity contribution in [1.29, 1.82) is 0 Å². The molecular weight excluding hydrogens is 348 g/mol. The van der Waals surface area contributed by atoms with Crippen molar-refractivity contribution in [2.24, 2.45) is 34.5 Å². The van der Waals surface area contributed by atoms with Crippen LogP contribution in [0.5, 0.6) is 0 Å². The molecule has 3 fully saturated rings. The Labute approximate surface area is 169 Å². The Kier molecular flexibility index (Phi) is 4.57. The van der Waals surface area contributed by atoms with Gasteiger partial charge in [0, 0.05) is 11.8 Å². The third kappa shape index (κ3) is 2.78. The lowest BCUT2D eigenvalue weighted by atomic mass is 9.50. The summed E-state index contributed by atoms with van der Waals surface area (Å²) in [6.45, 7) is 7.96. The molecule has 0 saturated heterocycles. The van der Waals surface area contributed by atoms with Crippen molar-refractivity contribution in [3.8, 4) is 12.3 Å². The average molecular weight is 383 g/mol. The van der Waals surface area contributed by atoms with E-state index in [2.05, 4.69) is 12.8 Å². The van der Waals surface area contributed by atoms with E-state index in [1.165, 1.54) is 5.57 Å². The Morgan fingerprint density at radius 2 is 1.89 bits per heavy atom. The molecule has 152 valence electrons. The van der Waals surface area contributed by atoms with Crippen molar-refractivity contribution in [2.45, 2.75) is 84.7 Å². The number of terminal acetylenes is 1. The summed E-state index contributed by atoms with van der Waals surface area (Å²) in [5.74, 6) is 5.50. The van der Waals surface area contributed by atoms with E-state index in [-0.39, 0.29) is 11.4 Å². The molecule has 0 amide bonds. The van der Waals surface area contributed by atoms with Crippen molar-refractivity contribution in [1.82, 2.24) is 0 Å². The van der Waals surface area contributed by atoms with Crippen LogP contribution in [0.25, 0.3) is 0 Å². The van der Waals surface area contributed by atoms with Crippen molar-refractivity contribution in [3.63, 3.8) is 0 Å². The van der Waals surface area contributed by atoms with Crippen LogP contribution in [-0.2, 0) is 14.3 Å². The summed E-state index contributed by atoms with van der Waals surface area (Å²) in [7, 11) is 0. The minimum absolute atomic E-state index is 0.143. The summed E-state index contributed by atoms with van der Waals surface area (Å²) in [5, 5.41) is 0. The van der Waals surface area contributed by atoms with Crippen LogP contribution in [0.4, 0.5) is 0 Å². The lowest BCUT2D eigenvalue weighted by Crippen LogP contribution is -2.54. The van der Waals surface area contributed by atoms with Crippen molar-refractivity contribution < 1.29 is 14.3 Å². The van der Waals surface area contributed by atoms with Crippen LogP contribution in [0.15, 0.2) is 11.6 Å². The van der Waals surface area contributed by atoms with E-state index in [4.69, 9.17) is 11.2 Å². The highest BCUT2D eigenvalue weighted by Crippen LogP contribution is 2.65. The molecule has 6 atom stereocenters. The summed E-state index contributed by atoms with van der Waals surface area (Å²) in [4.78, 5) is 24.6. The second-order valence-corrected chi connectivity index (χ2v) is 10.9. The number of allylic oxidation sites excluding steroid dienone is 1. The van der Waals surface area contributed by atoms with E-state index in [1.807, 2.05) is 26.8 Å².